The zero-order valence-electron chi connectivity index (χ0n) is 46.9. The number of allylic oxidation sites excluding steroid dienone is 6. The van der Waals surface area contributed by atoms with Gasteiger partial charge in [-0.25, -0.2) is 9.59 Å². The third-order valence-electron chi connectivity index (χ3n) is 16.0. The molecule has 0 radical (unpaired) electrons. The number of para-hydroxylation sites is 3. The third-order valence-corrected chi connectivity index (χ3v) is 16.0. The number of nitrogens with one attached hydrogen (secondary N) is 3. The molecule has 5 heterocycles. The largest absolute Gasteiger partial charge is 1.00 e. The van der Waals surface area contributed by atoms with Gasteiger partial charge in [-0.3, -0.25) is 14.4 Å². The summed E-state index contributed by atoms with van der Waals surface area (Å²) in [6, 6.07) is 28.8. The fraction of sp³-hybridized carbons (Fsp3) is 0.375. The molecule has 0 saturated carbocycles. The van der Waals surface area contributed by atoms with Crippen molar-refractivity contribution in [3.8, 4) is 11.5 Å². The maximum Gasteiger partial charge on any atom is 0.343 e. The summed E-state index contributed by atoms with van der Waals surface area (Å²) in [7, 11) is 2.42. The molecule has 0 bridgehead atoms. The van der Waals surface area contributed by atoms with Gasteiger partial charge in [0.25, 0.3) is 5.91 Å². The van der Waals surface area contributed by atoms with Crippen LogP contribution in [0.4, 0.5) is 11.4 Å². The molecular formula is C64H73BrN6O9. The van der Waals surface area contributed by atoms with E-state index in [1.807, 2.05) is 0 Å². The number of H-pyrrole nitrogens is 1. The van der Waals surface area contributed by atoms with Crippen LogP contribution >= 0.6 is 0 Å². The summed E-state index contributed by atoms with van der Waals surface area (Å²) in [5.41, 5.74) is 7.47. The Hall–Kier alpha value is -7.72. The highest BCUT2D eigenvalue weighted by atomic mass is 79.9. The number of nitrogens with zero attached hydrogens (tertiary/aromatic N) is 3. The summed E-state index contributed by atoms with van der Waals surface area (Å²) < 4.78 is 19.0. The van der Waals surface area contributed by atoms with Crippen LogP contribution in [0.25, 0.3) is 10.9 Å². The van der Waals surface area contributed by atoms with Gasteiger partial charge in [0.2, 0.25) is 17.1 Å². The minimum absolute atomic E-state index is 0. The molecule has 16 heteroatoms. The number of phenolic OH excluding ortho intramolecular Hbond substituents is 1. The summed E-state index contributed by atoms with van der Waals surface area (Å²) >= 11 is 0. The van der Waals surface area contributed by atoms with Gasteiger partial charge in [-0.2, -0.15) is 4.58 Å². The predicted octanol–water partition coefficient (Wildman–Crippen LogP) is 6.66. The van der Waals surface area contributed by atoms with Crippen molar-refractivity contribution in [2.45, 2.75) is 102 Å². The van der Waals surface area contributed by atoms with Gasteiger partial charge in [0.05, 0.1) is 36.5 Å². The number of hydrogen-bond donors (Lipinski definition) is 4. The molecule has 4 aliphatic heterocycles. The molecule has 4 aromatic carbocycles. The average Bonchev–Trinajstić information content (AvgIpc) is 4.21. The van der Waals surface area contributed by atoms with Crippen molar-refractivity contribution in [1.82, 2.24) is 20.5 Å². The van der Waals surface area contributed by atoms with Gasteiger partial charge < -0.3 is 61.7 Å². The fourth-order valence-electron chi connectivity index (χ4n) is 12.0. The number of amides is 2. The Morgan fingerprint density at radius 2 is 1.52 bits per heavy atom. The maximum atomic E-state index is 14.1. The summed E-state index contributed by atoms with van der Waals surface area (Å²) in [5, 5.41) is 17.1. The number of aromatic hydroxyl groups is 1. The molecule has 4 N–H and O–H groups in total. The van der Waals surface area contributed by atoms with Crippen LogP contribution in [-0.2, 0) is 51.4 Å². The van der Waals surface area contributed by atoms with Crippen molar-refractivity contribution in [2.75, 3.05) is 58.5 Å². The Bertz CT molecular complexity index is 3370. The first-order valence-corrected chi connectivity index (χ1v) is 27.6. The smallest absolute Gasteiger partial charge is 0.343 e. The van der Waals surface area contributed by atoms with Crippen LogP contribution in [0.1, 0.15) is 112 Å². The molecular weight excluding hydrogens is 1080 g/mol. The number of Topliss-reactive ketones (excluding diaryl/α,β-unsaturated/α-hetero) is 1. The standard InChI is InChI=1S/C64H72N6O9.BrH/c1-8-35-69-51-24-14-12-22-47(51)62(2,3)54(69)27-20-28-55-63(4,5)48-23-13-15-25-52(48)70(55)36-19-9-10-29-56(72)65-33-17-18-34-66-57(73)41-79-43-30-31-50-46(39-43)44-32-37-68-40-42(58(74)45-21-11-16-26-53(45)71)38-49(60(75)77-6)64(68,59(44)67-50)61(76)78-7;/h11-16,20-28,30-31,38-40,67H,8-10,17-19,29,32-37,41H2,1-7H3,(H2-,65,66,71,72,73,74);1H/t64-;/m1./s1. The van der Waals surface area contributed by atoms with Crippen molar-refractivity contribution in [1.29, 1.82) is 0 Å². The zero-order chi connectivity index (χ0) is 56.1. The van der Waals surface area contributed by atoms with Gasteiger partial charge in [0.1, 0.15) is 18.0 Å². The van der Waals surface area contributed by atoms with E-state index >= 15 is 0 Å². The van der Waals surface area contributed by atoms with Gasteiger partial charge in [-0.1, -0.05) is 81.8 Å². The van der Waals surface area contributed by atoms with Crippen LogP contribution in [0.5, 0.6) is 11.5 Å². The van der Waals surface area contributed by atoms with E-state index in [0.29, 0.717) is 55.7 Å². The number of unbranched alkanes of at least 4 members (excludes halogenated alkanes) is 3. The Morgan fingerprint density at radius 1 is 0.812 bits per heavy atom. The molecule has 15 nitrogen and oxygen atoms in total. The van der Waals surface area contributed by atoms with Gasteiger partial charge in [0.15, 0.2) is 18.1 Å². The molecule has 0 saturated heterocycles. The number of ketones is 1. The molecule has 420 valence electrons. The average molecular weight is 1150 g/mol. The molecule has 0 fully saturated rings. The summed E-state index contributed by atoms with van der Waals surface area (Å²) in [4.78, 5) is 74.5. The van der Waals surface area contributed by atoms with Crippen LogP contribution in [0.3, 0.4) is 0 Å². The van der Waals surface area contributed by atoms with E-state index in [9.17, 15) is 29.1 Å². The van der Waals surface area contributed by atoms with Gasteiger partial charge in [-0.15, -0.1) is 0 Å². The van der Waals surface area contributed by atoms with Gasteiger partial charge in [-0.05, 0) is 106 Å². The summed E-state index contributed by atoms with van der Waals surface area (Å²) in [6.07, 6.45) is 15.7. The Kier molecular flexibility index (Phi) is 18.1. The first-order valence-electron chi connectivity index (χ1n) is 27.6. The lowest BCUT2D eigenvalue weighted by atomic mass is 9.75. The highest BCUT2D eigenvalue weighted by Gasteiger charge is 2.58. The van der Waals surface area contributed by atoms with E-state index in [1.165, 1.54) is 72.5 Å². The van der Waals surface area contributed by atoms with Crippen molar-refractivity contribution < 1.29 is 64.8 Å². The topological polar surface area (TPSA) is 183 Å². The number of phenols is 1. The monoisotopic (exact) mass is 1150 g/mol. The molecule has 0 aliphatic carbocycles. The highest BCUT2D eigenvalue weighted by Crippen LogP contribution is 2.50. The van der Waals surface area contributed by atoms with Crippen molar-refractivity contribution in [3.63, 3.8) is 0 Å². The van der Waals surface area contributed by atoms with E-state index in [4.69, 9.17) is 14.2 Å². The molecule has 4 aliphatic rings. The van der Waals surface area contributed by atoms with Crippen molar-refractivity contribution in [2.24, 2.45) is 0 Å². The van der Waals surface area contributed by atoms with Crippen LogP contribution in [-0.4, -0.2) is 108 Å². The number of benzene rings is 4. The second-order valence-electron chi connectivity index (χ2n) is 21.7. The molecule has 5 aromatic rings. The number of aromatic nitrogens is 1. The molecule has 1 atom stereocenters. The Morgan fingerprint density at radius 3 is 2.26 bits per heavy atom. The van der Waals surface area contributed by atoms with Crippen LogP contribution in [0, 0.1) is 0 Å². The molecule has 1 aromatic heterocycles. The summed E-state index contributed by atoms with van der Waals surface area (Å²) in [6.45, 7) is 14.3. The van der Waals surface area contributed by atoms with Crippen LogP contribution in [0.15, 0.2) is 138 Å². The predicted molar refractivity (Wildman–Crippen MR) is 306 cm³/mol. The highest BCUT2D eigenvalue weighted by molar-refractivity contribution is 6.15. The number of esters is 2. The SMILES string of the molecule is CCC[N+]1=C(/C=C/C=C2/N(CCCCCC(=O)NCCCCNC(=O)COc3ccc4[nH]c5c(c4c3)CCN3C=C(C(=O)c4ccccc4O)C=C(C(=O)OC)[C@]53C(=O)OC)c3ccccc3C2(C)C)C(C)(C)c2ccccc21.[Br-]. The van der Waals surface area contributed by atoms with Gasteiger partial charge >= 0.3 is 11.9 Å². The Balaban J connectivity index is 0.00000841. The molecule has 9 rings (SSSR count). The van der Waals surface area contributed by atoms with E-state index in [-0.39, 0.29) is 75.2 Å². The van der Waals surface area contributed by atoms with Crippen molar-refractivity contribution in [3.05, 3.63) is 166 Å². The van der Waals surface area contributed by atoms with Crippen LogP contribution < -0.4 is 37.3 Å². The number of methoxy groups -OCH3 is 2. The first kappa shape index (κ1) is 58.4. The summed E-state index contributed by atoms with van der Waals surface area (Å²) in [5.74, 6) is -2.22. The maximum absolute atomic E-state index is 14.1. The number of fused-ring (bicyclic) bond motifs is 7. The second-order valence-corrected chi connectivity index (χ2v) is 21.7. The molecule has 2 amide bonds. The lowest BCUT2D eigenvalue weighted by Gasteiger charge is -2.46. The van der Waals surface area contributed by atoms with Crippen molar-refractivity contribution >= 4 is 57.5 Å². The van der Waals surface area contributed by atoms with Gasteiger partial charge in [0, 0.05) is 96.2 Å². The number of rotatable bonds is 22. The number of ether oxygens (including phenoxy) is 3. The lowest BCUT2D eigenvalue weighted by molar-refractivity contribution is -0.437. The second kappa shape index (κ2) is 24.7. The molecule has 0 unspecified atom stereocenters. The minimum Gasteiger partial charge on any atom is -1.00 e. The number of carbonyl (C=O) groups excluding carboxylic acids is 5. The third kappa shape index (κ3) is 11.1. The number of carbonyl (C=O) groups is 5. The Labute approximate surface area is 479 Å². The first-order chi connectivity index (χ1) is 38.1. The lowest BCUT2D eigenvalue weighted by Crippen LogP contribution is -3.00. The number of halogens is 1. The normalized spacial score (nSPS) is 17.9. The van der Waals surface area contributed by atoms with E-state index in [2.05, 4.69) is 126 Å². The van der Waals surface area contributed by atoms with E-state index in [0.717, 1.165) is 49.7 Å². The quantitative estimate of drug-likeness (QED) is 0.0252. The van der Waals surface area contributed by atoms with E-state index in [1.54, 1.807) is 35.2 Å². The van der Waals surface area contributed by atoms with E-state index < -0.39 is 23.3 Å². The number of anilines is 1. The number of hydrogen-bond acceptors (Lipinski definition) is 11. The zero-order valence-corrected chi connectivity index (χ0v) is 48.5. The number of aromatic amines is 1. The molecule has 0 spiro atoms. The minimum atomic E-state index is -1.83. The van der Waals surface area contributed by atoms with Crippen LogP contribution in [0.2, 0.25) is 0 Å². The molecule has 80 heavy (non-hydrogen) atoms. The fourth-order valence-corrected chi connectivity index (χ4v) is 12.0.